The highest BCUT2D eigenvalue weighted by Crippen LogP contribution is 2.23. The first-order chi connectivity index (χ1) is 10.8. The van der Waals surface area contributed by atoms with Crippen LogP contribution in [0.25, 0.3) is 0 Å². The molecule has 2 amide bonds. The van der Waals surface area contributed by atoms with Crippen LogP contribution in [0.15, 0.2) is 22.8 Å². The molecule has 120 valence electrons. The van der Waals surface area contributed by atoms with E-state index in [1.54, 1.807) is 17.0 Å². The van der Waals surface area contributed by atoms with Gasteiger partial charge in [-0.25, -0.2) is 0 Å². The topological polar surface area (TPSA) is 53.8 Å². The maximum atomic E-state index is 12.9. The number of hydrogen-bond donors (Lipinski definition) is 0. The molecule has 1 aromatic rings. The molecule has 2 aliphatic heterocycles. The van der Waals surface area contributed by atoms with Gasteiger partial charge in [-0.1, -0.05) is 19.3 Å². The number of furan rings is 1. The van der Waals surface area contributed by atoms with Gasteiger partial charge < -0.3 is 14.2 Å². The minimum Gasteiger partial charge on any atom is -0.459 e. The Hall–Kier alpha value is -1.78. The molecule has 5 nitrogen and oxygen atoms in total. The average Bonchev–Trinajstić information content (AvgIpc) is 3.17. The van der Waals surface area contributed by atoms with Gasteiger partial charge >= 0.3 is 0 Å². The van der Waals surface area contributed by atoms with Gasteiger partial charge in [0.15, 0.2) is 5.76 Å². The zero-order chi connectivity index (χ0) is 15.4. The van der Waals surface area contributed by atoms with Gasteiger partial charge in [0, 0.05) is 19.6 Å². The Morgan fingerprint density at radius 1 is 1.00 bits per heavy atom. The monoisotopic (exact) mass is 304 g/mol. The third-order valence-corrected chi connectivity index (χ3v) is 4.70. The van der Waals surface area contributed by atoms with E-state index in [0.717, 1.165) is 38.8 Å². The largest absolute Gasteiger partial charge is 0.459 e. The minimum atomic E-state index is -0.308. The number of rotatable bonds is 2. The van der Waals surface area contributed by atoms with Crippen LogP contribution in [0.3, 0.4) is 0 Å². The van der Waals surface area contributed by atoms with E-state index in [0.29, 0.717) is 12.3 Å². The first-order valence-corrected chi connectivity index (χ1v) is 8.40. The van der Waals surface area contributed by atoms with E-state index in [-0.39, 0.29) is 17.9 Å². The van der Waals surface area contributed by atoms with Crippen molar-refractivity contribution in [2.45, 2.75) is 51.0 Å². The van der Waals surface area contributed by atoms with Gasteiger partial charge in [0.05, 0.1) is 6.26 Å². The molecule has 0 aliphatic carbocycles. The van der Waals surface area contributed by atoms with E-state index in [1.807, 2.05) is 4.90 Å². The molecule has 2 saturated heterocycles. The molecular formula is C17H24N2O3. The summed E-state index contributed by atoms with van der Waals surface area (Å²) < 4.78 is 5.20. The summed E-state index contributed by atoms with van der Waals surface area (Å²) in [7, 11) is 0. The zero-order valence-corrected chi connectivity index (χ0v) is 13.0. The van der Waals surface area contributed by atoms with Crippen LogP contribution in [0, 0.1) is 0 Å². The van der Waals surface area contributed by atoms with Crippen molar-refractivity contribution in [3.05, 3.63) is 24.2 Å². The average molecular weight is 304 g/mol. The smallest absolute Gasteiger partial charge is 0.290 e. The lowest BCUT2D eigenvalue weighted by atomic mass is 10.1. The molecule has 5 heteroatoms. The van der Waals surface area contributed by atoms with E-state index in [4.69, 9.17) is 4.42 Å². The number of likely N-dealkylation sites (tertiary alicyclic amines) is 2. The Morgan fingerprint density at radius 2 is 1.73 bits per heavy atom. The summed E-state index contributed by atoms with van der Waals surface area (Å²) in [5.41, 5.74) is 0. The van der Waals surface area contributed by atoms with E-state index in [2.05, 4.69) is 0 Å². The number of carbonyl (C=O) groups is 2. The van der Waals surface area contributed by atoms with E-state index in [9.17, 15) is 9.59 Å². The second-order valence-electron chi connectivity index (χ2n) is 6.23. The fraction of sp³-hybridized carbons (Fsp3) is 0.647. The fourth-order valence-corrected chi connectivity index (χ4v) is 3.49. The standard InChI is InChI=1S/C17H24N2O3/c20-16(18-10-4-2-1-3-5-11-18)14-8-6-12-19(14)17(21)15-9-7-13-22-15/h7,9,13-14H,1-6,8,10-12H2/t14-/m0/s1. The van der Waals surface area contributed by atoms with Crippen LogP contribution >= 0.6 is 0 Å². The van der Waals surface area contributed by atoms with Gasteiger partial charge in [-0.15, -0.1) is 0 Å². The third-order valence-electron chi connectivity index (χ3n) is 4.70. The first kappa shape index (κ1) is 15.1. The summed E-state index contributed by atoms with van der Waals surface area (Å²) in [6, 6.07) is 3.06. The van der Waals surface area contributed by atoms with Gasteiger partial charge in [0.25, 0.3) is 5.91 Å². The maximum Gasteiger partial charge on any atom is 0.290 e. The maximum absolute atomic E-state index is 12.9. The third kappa shape index (κ3) is 3.18. The van der Waals surface area contributed by atoms with E-state index < -0.39 is 0 Å². The summed E-state index contributed by atoms with van der Waals surface area (Å²) >= 11 is 0. The van der Waals surface area contributed by atoms with Crippen molar-refractivity contribution in [1.82, 2.24) is 9.80 Å². The van der Waals surface area contributed by atoms with Crippen molar-refractivity contribution >= 4 is 11.8 Å². The van der Waals surface area contributed by atoms with Crippen LogP contribution in [-0.2, 0) is 4.79 Å². The Morgan fingerprint density at radius 3 is 2.41 bits per heavy atom. The quantitative estimate of drug-likeness (QED) is 0.844. The van der Waals surface area contributed by atoms with Gasteiger partial charge in [-0.3, -0.25) is 9.59 Å². The molecule has 22 heavy (non-hydrogen) atoms. The molecule has 0 N–H and O–H groups in total. The molecule has 0 unspecified atom stereocenters. The summed E-state index contributed by atoms with van der Waals surface area (Å²) in [5.74, 6) is 0.291. The predicted molar refractivity (Wildman–Crippen MR) is 82.4 cm³/mol. The van der Waals surface area contributed by atoms with Crippen molar-refractivity contribution < 1.29 is 14.0 Å². The summed E-state index contributed by atoms with van der Waals surface area (Å²) in [5, 5.41) is 0. The van der Waals surface area contributed by atoms with E-state index >= 15 is 0 Å². The second-order valence-corrected chi connectivity index (χ2v) is 6.23. The highest BCUT2D eigenvalue weighted by Gasteiger charge is 2.37. The first-order valence-electron chi connectivity index (χ1n) is 8.40. The van der Waals surface area contributed by atoms with Crippen LogP contribution < -0.4 is 0 Å². The molecule has 0 bridgehead atoms. The number of amides is 2. The summed E-state index contributed by atoms with van der Waals surface area (Å²) in [6.45, 7) is 2.31. The van der Waals surface area contributed by atoms with Gasteiger partial charge in [0.2, 0.25) is 5.91 Å². The lowest BCUT2D eigenvalue weighted by molar-refractivity contribution is -0.135. The Balaban J connectivity index is 1.69. The SMILES string of the molecule is O=C([C@@H]1CCCN1C(=O)c1ccco1)N1CCCCCCC1. The minimum absolute atomic E-state index is 0.124. The van der Waals surface area contributed by atoms with Crippen LogP contribution in [0.2, 0.25) is 0 Å². The van der Waals surface area contributed by atoms with E-state index in [1.165, 1.54) is 25.5 Å². The normalized spacial score (nSPS) is 23.2. The molecule has 1 atom stereocenters. The van der Waals surface area contributed by atoms with Crippen LogP contribution in [0.1, 0.15) is 55.5 Å². The lowest BCUT2D eigenvalue weighted by Gasteiger charge is -2.31. The highest BCUT2D eigenvalue weighted by molar-refractivity contribution is 5.96. The molecule has 0 spiro atoms. The van der Waals surface area contributed by atoms with Crippen LogP contribution in [-0.4, -0.2) is 47.3 Å². The van der Waals surface area contributed by atoms with Gasteiger partial charge in [-0.2, -0.15) is 0 Å². The number of nitrogens with zero attached hydrogens (tertiary/aromatic N) is 2. The molecule has 2 aliphatic rings. The summed E-state index contributed by atoms with van der Waals surface area (Å²) in [6.07, 6.45) is 8.97. The van der Waals surface area contributed by atoms with Gasteiger partial charge in [0.1, 0.15) is 6.04 Å². The van der Waals surface area contributed by atoms with Crippen molar-refractivity contribution in [1.29, 1.82) is 0 Å². The molecular weight excluding hydrogens is 280 g/mol. The van der Waals surface area contributed by atoms with Crippen LogP contribution in [0.4, 0.5) is 0 Å². The van der Waals surface area contributed by atoms with Crippen molar-refractivity contribution in [2.24, 2.45) is 0 Å². The molecule has 0 radical (unpaired) electrons. The number of carbonyl (C=O) groups excluding carboxylic acids is 2. The fourth-order valence-electron chi connectivity index (χ4n) is 3.49. The van der Waals surface area contributed by atoms with Crippen molar-refractivity contribution in [2.75, 3.05) is 19.6 Å². The molecule has 3 rings (SSSR count). The molecule has 0 aromatic carbocycles. The number of hydrogen-bond acceptors (Lipinski definition) is 3. The summed E-state index contributed by atoms with van der Waals surface area (Å²) in [4.78, 5) is 29.0. The second kappa shape index (κ2) is 6.99. The predicted octanol–water partition coefficient (Wildman–Crippen LogP) is 2.68. The molecule has 1 aromatic heterocycles. The Labute approximate surface area is 131 Å². The Bertz CT molecular complexity index is 504. The van der Waals surface area contributed by atoms with Crippen molar-refractivity contribution in [3.63, 3.8) is 0 Å². The Kier molecular flexibility index (Phi) is 4.80. The zero-order valence-electron chi connectivity index (χ0n) is 13.0. The highest BCUT2D eigenvalue weighted by atomic mass is 16.3. The molecule has 2 fully saturated rings. The van der Waals surface area contributed by atoms with Gasteiger partial charge in [-0.05, 0) is 37.8 Å². The molecule has 3 heterocycles. The molecule has 0 saturated carbocycles. The van der Waals surface area contributed by atoms with Crippen molar-refractivity contribution in [3.8, 4) is 0 Å². The van der Waals surface area contributed by atoms with Crippen LogP contribution in [0.5, 0.6) is 0 Å². The lowest BCUT2D eigenvalue weighted by Crippen LogP contribution is -2.48.